The van der Waals surface area contributed by atoms with E-state index in [0.717, 1.165) is 24.9 Å². The average molecular weight is 245 g/mol. The summed E-state index contributed by atoms with van der Waals surface area (Å²) >= 11 is 12.2. The molecular formula is C11H14Cl2N2. The quantitative estimate of drug-likeness (QED) is 0.828. The lowest BCUT2D eigenvalue weighted by molar-refractivity contribution is 0.528. The van der Waals surface area contributed by atoms with Crippen LogP contribution in [0.5, 0.6) is 0 Å². The van der Waals surface area contributed by atoms with Crippen molar-refractivity contribution < 1.29 is 0 Å². The fourth-order valence-corrected chi connectivity index (χ4v) is 2.49. The van der Waals surface area contributed by atoms with Crippen LogP contribution in [0.15, 0.2) is 18.5 Å². The Labute approximate surface area is 100.0 Å². The van der Waals surface area contributed by atoms with Gasteiger partial charge in [-0.05, 0) is 24.5 Å². The van der Waals surface area contributed by atoms with E-state index in [-0.39, 0.29) is 5.38 Å². The van der Waals surface area contributed by atoms with Gasteiger partial charge >= 0.3 is 0 Å². The third-order valence-electron chi connectivity index (χ3n) is 2.84. The highest BCUT2D eigenvalue weighted by Crippen LogP contribution is 2.24. The predicted octanol–water partition coefficient (Wildman–Crippen LogP) is 2.98. The van der Waals surface area contributed by atoms with Crippen molar-refractivity contribution in [3.8, 4) is 0 Å². The highest BCUT2D eigenvalue weighted by molar-refractivity contribution is 6.31. The molecule has 1 fully saturated rings. The van der Waals surface area contributed by atoms with Crippen LogP contribution in [0.3, 0.4) is 0 Å². The van der Waals surface area contributed by atoms with Crippen molar-refractivity contribution in [3.05, 3.63) is 29.0 Å². The van der Waals surface area contributed by atoms with Crippen molar-refractivity contribution in [2.75, 3.05) is 0 Å². The molecule has 2 nitrogen and oxygen atoms in total. The summed E-state index contributed by atoms with van der Waals surface area (Å²) < 4.78 is 0. The first-order valence-corrected chi connectivity index (χ1v) is 6.04. The van der Waals surface area contributed by atoms with E-state index in [1.54, 1.807) is 12.4 Å². The lowest BCUT2D eigenvalue weighted by atomic mass is 10.2. The van der Waals surface area contributed by atoms with E-state index in [0.29, 0.717) is 11.1 Å². The summed E-state index contributed by atoms with van der Waals surface area (Å²) in [5.74, 6) is 0. The number of nitrogens with one attached hydrogen (secondary N) is 1. The highest BCUT2D eigenvalue weighted by atomic mass is 35.5. The van der Waals surface area contributed by atoms with Gasteiger partial charge in [-0.15, -0.1) is 11.6 Å². The van der Waals surface area contributed by atoms with Crippen LogP contribution in [0.2, 0.25) is 5.02 Å². The fourth-order valence-electron chi connectivity index (χ4n) is 1.93. The van der Waals surface area contributed by atoms with E-state index < -0.39 is 0 Å². The molecule has 0 amide bonds. The Bertz CT molecular complexity index is 330. The molecule has 0 saturated heterocycles. The van der Waals surface area contributed by atoms with Crippen LogP contribution >= 0.6 is 23.2 Å². The monoisotopic (exact) mass is 244 g/mol. The molecule has 1 aromatic rings. The van der Waals surface area contributed by atoms with Gasteiger partial charge in [0.05, 0.1) is 5.02 Å². The summed E-state index contributed by atoms with van der Waals surface area (Å²) in [7, 11) is 0. The Hall–Kier alpha value is -0.310. The maximum atomic E-state index is 6.18. The minimum Gasteiger partial charge on any atom is -0.308 e. The number of aromatic nitrogens is 1. The minimum atomic E-state index is 0.269. The summed E-state index contributed by atoms with van der Waals surface area (Å²) in [6.07, 6.45) is 6.93. The van der Waals surface area contributed by atoms with Crippen LogP contribution in [-0.4, -0.2) is 16.4 Å². The molecule has 0 aliphatic heterocycles. The normalized spacial score (nSPS) is 25.7. The zero-order chi connectivity index (χ0) is 10.7. The highest BCUT2D eigenvalue weighted by Gasteiger charge is 2.24. The second-order valence-electron chi connectivity index (χ2n) is 3.90. The van der Waals surface area contributed by atoms with Gasteiger partial charge in [0.1, 0.15) is 0 Å². The van der Waals surface area contributed by atoms with Crippen LogP contribution in [-0.2, 0) is 6.54 Å². The van der Waals surface area contributed by atoms with Crippen molar-refractivity contribution in [2.24, 2.45) is 0 Å². The summed E-state index contributed by atoms with van der Waals surface area (Å²) in [6, 6.07) is 2.36. The van der Waals surface area contributed by atoms with E-state index in [1.807, 2.05) is 6.07 Å². The van der Waals surface area contributed by atoms with Crippen LogP contribution in [0, 0.1) is 0 Å². The molecule has 0 bridgehead atoms. The van der Waals surface area contributed by atoms with Crippen molar-refractivity contribution in [1.29, 1.82) is 0 Å². The number of hydrogen-bond acceptors (Lipinski definition) is 2. The van der Waals surface area contributed by atoms with Gasteiger partial charge in [-0.1, -0.05) is 18.0 Å². The number of halogens is 2. The lowest BCUT2D eigenvalue weighted by Gasteiger charge is -2.16. The number of pyridine rings is 1. The lowest BCUT2D eigenvalue weighted by Crippen LogP contribution is -2.32. The summed E-state index contributed by atoms with van der Waals surface area (Å²) in [6.45, 7) is 0.773. The first-order chi connectivity index (χ1) is 7.27. The molecule has 15 heavy (non-hydrogen) atoms. The molecule has 1 heterocycles. The van der Waals surface area contributed by atoms with Crippen molar-refractivity contribution in [3.63, 3.8) is 0 Å². The van der Waals surface area contributed by atoms with Gasteiger partial charge in [-0.25, -0.2) is 0 Å². The van der Waals surface area contributed by atoms with E-state index in [4.69, 9.17) is 23.2 Å². The van der Waals surface area contributed by atoms with E-state index >= 15 is 0 Å². The molecule has 4 heteroatoms. The van der Waals surface area contributed by atoms with Gasteiger partial charge < -0.3 is 5.32 Å². The van der Waals surface area contributed by atoms with Gasteiger partial charge in [-0.2, -0.15) is 0 Å². The fraction of sp³-hybridized carbons (Fsp3) is 0.545. The van der Waals surface area contributed by atoms with Gasteiger partial charge in [0.2, 0.25) is 0 Å². The third-order valence-corrected chi connectivity index (χ3v) is 3.71. The maximum Gasteiger partial charge on any atom is 0.0634 e. The molecule has 1 saturated carbocycles. The molecule has 0 aromatic carbocycles. The van der Waals surface area contributed by atoms with Crippen LogP contribution in [0.1, 0.15) is 24.8 Å². The largest absolute Gasteiger partial charge is 0.308 e. The molecule has 2 unspecified atom stereocenters. The zero-order valence-corrected chi connectivity index (χ0v) is 9.93. The zero-order valence-electron chi connectivity index (χ0n) is 8.42. The molecule has 1 aromatic heterocycles. The number of nitrogens with zero attached hydrogens (tertiary/aromatic N) is 1. The van der Waals surface area contributed by atoms with Gasteiger partial charge in [0, 0.05) is 30.4 Å². The van der Waals surface area contributed by atoms with Gasteiger partial charge in [-0.3, -0.25) is 4.98 Å². The Morgan fingerprint density at radius 2 is 2.33 bits per heavy atom. The summed E-state index contributed by atoms with van der Waals surface area (Å²) in [5, 5.41) is 4.43. The predicted molar refractivity (Wildman–Crippen MR) is 63.4 cm³/mol. The standard InChI is InChI=1S/C11H14Cl2N2/c12-9-2-1-3-11(9)15-6-8-4-5-14-7-10(8)13/h4-5,7,9,11,15H,1-3,6H2. The molecule has 1 aliphatic rings. The first kappa shape index (κ1) is 11.2. The Balaban J connectivity index is 1.90. The second kappa shape index (κ2) is 5.15. The molecule has 2 rings (SSSR count). The third kappa shape index (κ3) is 2.83. The van der Waals surface area contributed by atoms with Gasteiger partial charge in [0.15, 0.2) is 0 Å². The topological polar surface area (TPSA) is 24.9 Å². The summed E-state index contributed by atoms with van der Waals surface area (Å²) in [5.41, 5.74) is 1.09. The Morgan fingerprint density at radius 3 is 3.00 bits per heavy atom. The molecular weight excluding hydrogens is 231 g/mol. The number of hydrogen-bond donors (Lipinski definition) is 1. The molecule has 2 atom stereocenters. The number of alkyl halides is 1. The molecule has 1 N–H and O–H groups in total. The molecule has 1 aliphatic carbocycles. The molecule has 0 spiro atoms. The average Bonchev–Trinajstić information content (AvgIpc) is 2.63. The van der Waals surface area contributed by atoms with Crippen molar-refractivity contribution in [2.45, 2.75) is 37.2 Å². The van der Waals surface area contributed by atoms with E-state index in [1.165, 1.54) is 6.42 Å². The van der Waals surface area contributed by atoms with Crippen LogP contribution in [0.4, 0.5) is 0 Å². The van der Waals surface area contributed by atoms with Gasteiger partial charge in [0.25, 0.3) is 0 Å². The Kier molecular flexibility index (Phi) is 3.84. The van der Waals surface area contributed by atoms with E-state index in [2.05, 4.69) is 10.3 Å². The van der Waals surface area contributed by atoms with Crippen molar-refractivity contribution in [1.82, 2.24) is 10.3 Å². The van der Waals surface area contributed by atoms with Crippen molar-refractivity contribution >= 4 is 23.2 Å². The number of rotatable bonds is 3. The first-order valence-electron chi connectivity index (χ1n) is 5.23. The molecule has 82 valence electrons. The smallest absolute Gasteiger partial charge is 0.0634 e. The molecule has 0 radical (unpaired) electrons. The van der Waals surface area contributed by atoms with Crippen LogP contribution in [0.25, 0.3) is 0 Å². The summed E-state index contributed by atoms with van der Waals surface area (Å²) in [4.78, 5) is 3.95. The maximum absolute atomic E-state index is 6.18. The minimum absolute atomic E-state index is 0.269. The Morgan fingerprint density at radius 1 is 1.47 bits per heavy atom. The SMILES string of the molecule is Clc1cnccc1CNC1CCCC1Cl. The van der Waals surface area contributed by atoms with Crippen LogP contribution < -0.4 is 5.32 Å². The van der Waals surface area contributed by atoms with E-state index in [9.17, 15) is 0 Å². The second-order valence-corrected chi connectivity index (χ2v) is 4.87.